The number of anilines is 1. The summed E-state index contributed by atoms with van der Waals surface area (Å²) >= 11 is 6.07. The zero-order chi connectivity index (χ0) is 22.5. The Balaban J connectivity index is 1.55. The van der Waals surface area contributed by atoms with Crippen molar-refractivity contribution < 1.29 is 19.3 Å². The van der Waals surface area contributed by atoms with E-state index in [9.17, 15) is 24.5 Å². The van der Waals surface area contributed by atoms with E-state index in [1.165, 1.54) is 30.1 Å². The van der Waals surface area contributed by atoms with Crippen LogP contribution in [0.15, 0.2) is 42.5 Å². The number of non-ortho nitro benzene ring substituents is 1. The molecule has 1 saturated heterocycles. The van der Waals surface area contributed by atoms with E-state index in [-0.39, 0.29) is 30.6 Å². The van der Waals surface area contributed by atoms with E-state index in [0.29, 0.717) is 29.1 Å². The van der Waals surface area contributed by atoms with Crippen LogP contribution in [0.1, 0.15) is 28.8 Å². The second-order valence-electron chi connectivity index (χ2n) is 7.16. The van der Waals surface area contributed by atoms with Crippen LogP contribution in [-0.4, -0.2) is 47.7 Å². The zero-order valence-electron chi connectivity index (χ0n) is 16.8. The first kappa shape index (κ1) is 22.2. The molecule has 1 aliphatic rings. The van der Waals surface area contributed by atoms with E-state index in [1.807, 2.05) is 0 Å². The van der Waals surface area contributed by atoms with Crippen LogP contribution >= 0.6 is 11.6 Å². The van der Waals surface area contributed by atoms with Crippen LogP contribution in [0.5, 0.6) is 0 Å². The number of rotatable bonds is 7. The number of likely N-dealkylation sites (N-methyl/N-ethyl adjacent to an activating group) is 1. The van der Waals surface area contributed by atoms with Crippen molar-refractivity contribution in [3.05, 3.63) is 68.7 Å². The number of halogens is 1. The molecule has 3 amide bonds. The quantitative estimate of drug-likeness (QED) is 0.521. The molecule has 2 aromatic carbocycles. The van der Waals surface area contributed by atoms with E-state index >= 15 is 0 Å². The summed E-state index contributed by atoms with van der Waals surface area (Å²) in [4.78, 5) is 49.9. The van der Waals surface area contributed by atoms with Crippen molar-refractivity contribution in [2.75, 3.05) is 25.0 Å². The highest BCUT2D eigenvalue weighted by Gasteiger charge is 2.22. The second-order valence-corrected chi connectivity index (χ2v) is 7.57. The molecule has 2 aromatic rings. The second kappa shape index (κ2) is 9.57. The molecule has 0 spiro atoms. The van der Waals surface area contributed by atoms with Crippen molar-refractivity contribution in [1.82, 2.24) is 10.2 Å². The molecule has 162 valence electrons. The summed E-state index contributed by atoms with van der Waals surface area (Å²) in [5.41, 5.74) is 1.42. The third kappa shape index (κ3) is 5.37. The number of nitro groups is 1. The molecule has 9 nitrogen and oxygen atoms in total. The summed E-state index contributed by atoms with van der Waals surface area (Å²) in [6.07, 6.45) is 1.34. The minimum absolute atomic E-state index is 0.0633. The maximum Gasteiger partial charge on any atom is 0.269 e. The monoisotopic (exact) mass is 444 g/mol. The van der Waals surface area contributed by atoms with E-state index in [0.717, 1.165) is 12.1 Å². The van der Waals surface area contributed by atoms with Crippen LogP contribution in [-0.2, 0) is 16.1 Å². The molecule has 0 atom stereocenters. The molecule has 0 aromatic heterocycles. The molecule has 0 bridgehead atoms. The summed E-state index contributed by atoms with van der Waals surface area (Å²) in [7, 11) is 1.52. The first-order valence-corrected chi connectivity index (χ1v) is 9.99. The first-order chi connectivity index (χ1) is 14.8. The number of amides is 3. The molecule has 0 saturated carbocycles. The fraction of sp³-hybridized carbons (Fsp3) is 0.286. The van der Waals surface area contributed by atoms with E-state index < -0.39 is 10.8 Å². The van der Waals surface area contributed by atoms with Gasteiger partial charge in [0.2, 0.25) is 11.8 Å². The Kier molecular flexibility index (Phi) is 6.86. The summed E-state index contributed by atoms with van der Waals surface area (Å²) in [5.74, 6) is -0.737. The number of carbonyl (C=O) groups is 3. The minimum Gasteiger partial charge on any atom is -0.343 e. The van der Waals surface area contributed by atoms with E-state index in [4.69, 9.17) is 11.6 Å². The van der Waals surface area contributed by atoms with Crippen LogP contribution < -0.4 is 10.2 Å². The summed E-state index contributed by atoms with van der Waals surface area (Å²) in [5, 5.41) is 13.8. The van der Waals surface area contributed by atoms with Crippen molar-refractivity contribution in [2.24, 2.45) is 0 Å². The minimum atomic E-state index is -0.535. The topological polar surface area (TPSA) is 113 Å². The zero-order valence-corrected chi connectivity index (χ0v) is 17.6. The van der Waals surface area contributed by atoms with Gasteiger partial charge in [0.25, 0.3) is 11.6 Å². The molecule has 0 unspecified atom stereocenters. The van der Waals surface area contributed by atoms with Gasteiger partial charge in [0, 0.05) is 55.0 Å². The average molecular weight is 445 g/mol. The normalized spacial score (nSPS) is 13.2. The highest BCUT2D eigenvalue weighted by molar-refractivity contribution is 6.31. The van der Waals surface area contributed by atoms with Gasteiger partial charge in [-0.2, -0.15) is 0 Å². The lowest BCUT2D eigenvalue weighted by Crippen LogP contribution is -2.37. The van der Waals surface area contributed by atoms with Gasteiger partial charge in [-0.3, -0.25) is 24.5 Å². The SMILES string of the molecule is CN(Cc1cc([N+](=O)[O-])ccc1Cl)C(=O)CNC(=O)c1ccc(N2CCCC2=O)cc1. The number of benzene rings is 2. The van der Waals surface area contributed by atoms with E-state index in [1.54, 1.807) is 29.2 Å². The third-order valence-corrected chi connectivity index (χ3v) is 5.36. The molecule has 0 radical (unpaired) electrons. The Morgan fingerprint density at radius 1 is 1.23 bits per heavy atom. The molecule has 1 heterocycles. The van der Waals surface area contributed by atoms with Gasteiger partial charge in [0.05, 0.1) is 11.5 Å². The average Bonchev–Trinajstić information content (AvgIpc) is 3.19. The molecule has 3 rings (SSSR count). The lowest BCUT2D eigenvalue weighted by atomic mass is 10.1. The molecule has 10 heteroatoms. The van der Waals surface area contributed by atoms with Gasteiger partial charge in [-0.1, -0.05) is 11.6 Å². The molecule has 1 fully saturated rings. The highest BCUT2D eigenvalue weighted by Crippen LogP contribution is 2.23. The van der Waals surface area contributed by atoms with Gasteiger partial charge < -0.3 is 15.1 Å². The lowest BCUT2D eigenvalue weighted by Gasteiger charge is -2.18. The number of hydrogen-bond acceptors (Lipinski definition) is 5. The Morgan fingerprint density at radius 3 is 2.55 bits per heavy atom. The third-order valence-electron chi connectivity index (χ3n) is 4.99. The summed E-state index contributed by atoms with van der Waals surface area (Å²) in [6.45, 7) is 0.488. The number of nitrogens with one attached hydrogen (secondary N) is 1. The van der Waals surface area contributed by atoms with E-state index in [2.05, 4.69) is 5.32 Å². The predicted octanol–water partition coefficient (Wildman–Crippen LogP) is 2.76. The number of hydrogen-bond donors (Lipinski definition) is 1. The van der Waals surface area contributed by atoms with Crippen molar-refractivity contribution in [1.29, 1.82) is 0 Å². The molecule has 31 heavy (non-hydrogen) atoms. The van der Waals surface area contributed by atoms with Gasteiger partial charge in [-0.15, -0.1) is 0 Å². The lowest BCUT2D eigenvalue weighted by molar-refractivity contribution is -0.384. The smallest absolute Gasteiger partial charge is 0.269 e. The van der Waals surface area contributed by atoms with Gasteiger partial charge in [0.15, 0.2) is 0 Å². The number of carbonyl (C=O) groups excluding carboxylic acids is 3. The highest BCUT2D eigenvalue weighted by atomic mass is 35.5. The fourth-order valence-electron chi connectivity index (χ4n) is 3.25. The molecule has 0 aliphatic carbocycles. The Bertz CT molecular complexity index is 1020. The van der Waals surface area contributed by atoms with Crippen LogP contribution in [0, 0.1) is 10.1 Å². The van der Waals surface area contributed by atoms with Gasteiger partial charge >= 0.3 is 0 Å². The van der Waals surface area contributed by atoms with Crippen molar-refractivity contribution >= 4 is 40.7 Å². The van der Waals surface area contributed by atoms with Gasteiger partial charge in [0.1, 0.15) is 0 Å². The van der Waals surface area contributed by atoms with Gasteiger partial charge in [-0.25, -0.2) is 0 Å². The predicted molar refractivity (Wildman–Crippen MR) is 115 cm³/mol. The van der Waals surface area contributed by atoms with Crippen molar-refractivity contribution in [3.63, 3.8) is 0 Å². The number of nitro benzene ring substituents is 1. The standard InChI is InChI=1S/C21H21ClN4O5/c1-24(13-15-11-17(26(30)31)8-9-18(15)22)20(28)12-23-21(29)14-4-6-16(7-5-14)25-10-2-3-19(25)27/h4-9,11H,2-3,10,12-13H2,1H3,(H,23,29). The summed E-state index contributed by atoms with van der Waals surface area (Å²) < 4.78 is 0. The summed E-state index contributed by atoms with van der Waals surface area (Å²) in [6, 6.07) is 10.6. The Morgan fingerprint density at radius 2 is 1.94 bits per heavy atom. The van der Waals surface area contributed by atoms with Crippen LogP contribution in [0.4, 0.5) is 11.4 Å². The fourth-order valence-corrected chi connectivity index (χ4v) is 3.42. The Hall–Kier alpha value is -3.46. The Labute approximate surface area is 183 Å². The van der Waals surface area contributed by atoms with Crippen LogP contribution in [0.3, 0.4) is 0 Å². The maximum absolute atomic E-state index is 12.4. The number of nitrogens with zero attached hydrogens (tertiary/aromatic N) is 3. The van der Waals surface area contributed by atoms with Crippen molar-refractivity contribution in [2.45, 2.75) is 19.4 Å². The largest absolute Gasteiger partial charge is 0.343 e. The molecule has 1 N–H and O–H groups in total. The first-order valence-electron chi connectivity index (χ1n) is 9.61. The molecular weight excluding hydrogens is 424 g/mol. The molecular formula is C21H21ClN4O5. The van der Waals surface area contributed by atoms with Crippen LogP contribution in [0.25, 0.3) is 0 Å². The van der Waals surface area contributed by atoms with Crippen LogP contribution in [0.2, 0.25) is 5.02 Å². The maximum atomic E-state index is 12.4. The molecule has 1 aliphatic heterocycles. The van der Waals surface area contributed by atoms with Gasteiger partial charge in [-0.05, 0) is 42.3 Å². The van der Waals surface area contributed by atoms with Crippen molar-refractivity contribution in [3.8, 4) is 0 Å².